The zero-order valence-corrected chi connectivity index (χ0v) is 16.9. The molecule has 1 aliphatic rings. The molecule has 1 aliphatic heterocycles. The number of ether oxygens (including phenoxy) is 1. The van der Waals surface area contributed by atoms with E-state index in [1.165, 1.54) is 12.1 Å². The van der Waals surface area contributed by atoms with E-state index in [0.717, 1.165) is 18.7 Å². The Kier molecular flexibility index (Phi) is 6.12. The Hall–Kier alpha value is -3.24. The third-order valence-corrected chi connectivity index (χ3v) is 5.24. The number of halogens is 6. The van der Waals surface area contributed by atoms with Crippen molar-refractivity contribution in [3.63, 3.8) is 0 Å². The molecule has 2 aromatic rings. The average Bonchev–Trinajstić information content (AvgIpc) is 2.73. The number of nitrogens with one attached hydrogen (secondary N) is 1. The van der Waals surface area contributed by atoms with Gasteiger partial charge in [-0.3, -0.25) is 9.59 Å². The fraction of sp³-hybridized carbons (Fsp3) is 0.333. The van der Waals surface area contributed by atoms with Crippen molar-refractivity contribution in [2.24, 2.45) is 0 Å². The van der Waals surface area contributed by atoms with E-state index in [0.29, 0.717) is 22.1 Å². The Balaban J connectivity index is 1.87. The Morgan fingerprint density at radius 1 is 1.06 bits per heavy atom. The Labute approximate surface area is 179 Å². The quantitative estimate of drug-likeness (QED) is 0.675. The molecular formula is C21H18F6N2O3. The summed E-state index contributed by atoms with van der Waals surface area (Å²) < 4.78 is 82.7. The molecule has 0 bridgehead atoms. The number of nitrogens with zero attached hydrogens (tertiary/aromatic N) is 1. The first-order valence-corrected chi connectivity index (χ1v) is 9.37. The lowest BCUT2D eigenvalue weighted by atomic mass is 9.94. The summed E-state index contributed by atoms with van der Waals surface area (Å²) in [6, 6.07) is 5.99. The topological polar surface area (TPSA) is 58.6 Å². The van der Waals surface area contributed by atoms with Gasteiger partial charge in [-0.15, -0.1) is 0 Å². The van der Waals surface area contributed by atoms with Crippen LogP contribution in [0, 0.1) is 6.92 Å². The van der Waals surface area contributed by atoms with Crippen LogP contribution in [0.15, 0.2) is 30.3 Å². The molecule has 0 spiro atoms. The molecule has 0 aliphatic carbocycles. The van der Waals surface area contributed by atoms with Crippen LogP contribution in [0.4, 0.5) is 32.0 Å². The molecule has 0 aromatic heterocycles. The predicted molar refractivity (Wildman–Crippen MR) is 102 cm³/mol. The Morgan fingerprint density at radius 2 is 1.75 bits per heavy atom. The maximum absolute atomic E-state index is 13.2. The van der Waals surface area contributed by atoms with Crippen molar-refractivity contribution in [2.45, 2.75) is 32.2 Å². The highest BCUT2D eigenvalue weighted by Gasteiger charge is 2.43. The smallest absolute Gasteiger partial charge is 0.471 e. The first-order valence-electron chi connectivity index (χ1n) is 9.37. The SMILES string of the molecule is COc1ccc(C(=O)Nc2ccc3c(c2C)CN(C(=O)C(F)(F)F)CC3)cc1C(F)(F)F. The van der Waals surface area contributed by atoms with E-state index in [1.807, 2.05) is 0 Å². The summed E-state index contributed by atoms with van der Waals surface area (Å²) in [6.07, 6.45) is -9.53. The van der Waals surface area contributed by atoms with Crippen LogP contribution >= 0.6 is 0 Å². The highest BCUT2D eigenvalue weighted by Crippen LogP contribution is 2.37. The van der Waals surface area contributed by atoms with Gasteiger partial charge in [0.05, 0.1) is 12.7 Å². The molecule has 32 heavy (non-hydrogen) atoms. The van der Waals surface area contributed by atoms with Gasteiger partial charge in [0, 0.05) is 24.3 Å². The molecule has 5 nitrogen and oxygen atoms in total. The van der Waals surface area contributed by atoms with Crippen LogP contribution < -0.4 is 10.1 Å². The third kappa shape index (κ3) is 4.66. The molecule has 0 saturated heterocycles. The largest absolute Gasteiger partial charge is 0.496 e. The van der Waals surface area contributed by atoms with Crippen LogP contribution in [0.25, 0.3) is 0 Å². The number of rotatable bonds is 3. The molecule has 0 saturated carbocycles. The minimum atomic E-state index is -5.00. The van der Waals surface area contributed by atoms with Crippen molar-refractivity contribution in [3.8, 4) is 5.75 Å². The van der Waals surface area contributed by atoms with E-state index in [9.17, 15) is 35.9 Å². The molecule has 0 atom stereocenters. The lowest BCUT2D eigenvalue weighted by molar-refractivity contribution is -0.186. The van der Waals surface area contributed by atoms with E-state index in [1.54, 1.807) is 13.0 Å². The maximum atomic E-state index is 13.2. The van der Waals surface area contributed by atoms with Gasteiger partial charge in [0.1, 0.15) is 5.75 Å². The molecule has 172 valence electrons. The van der Waals surface area contributed by atoms with Crippen LogP contribution in [-0.2, 0) is 23.9 Å². The highest BCUT2D eigenvalue weighted by molar-refractivity contribution is 6.05. The minimum absolute atomic E-state index is 0.0947. The van der Waals surface area contributed by atoms with Gasteiger partial charge in [0.25, 0.3) is 5.91 Å². The Morgan fingerprint density at radius 3 is 2.34 bits per heavy atom. The lowest BCUT2D eigenvalue weighted by Crippen LogP contribution is -2.43. The van der Waals surface area contributed by atoms with Crippen LogP contribution in [0.2, 0.25) is 0 Å². The van der Waals surface area contributed by atoms with Gasteiger partial charge in [-0.2, -0.15) is 26.3 Å². The van der Waals surface area contributed by atoms with E-state index in [2.05, 4.69) is 5.32 Å². The summed E-state index contributed by atoms with van der Waals surface area (Å²) in [5.41, 5.74) is 0.452. The molecule has 1 heterocycles. The number of methoxy groups -OCH3 is 1. The van der Waals surface area contributed by atoms with Crippen molar-refractivity contribution in [1.29, 1.82) is 0 Å². The molecule has 1 N–H and O–H groups in total. The second-order valence-electron chi connectivity index (χ2n) is 7.22. The summed E-state index contributed by atoms with van der Waals surface area (Å²) in [5, 5.41) is 2.49. The normalized spacial score (nSPS) is 14.1. The van der Waals surface area contributed by atoms with Crippen molar-refractivity contribution >= 4 is 17.5 Å². The summed E-state index contributed by atoms with van der Waals surface area (Å²) in [6.45, 7) is 1.18. The van der Waals surface area contributed by atoms with E-state index >= 15 is 0 Å². The number of benzene rings is 2. The van der Waals surface area contributed by atoms with Gasteiger partial charge in [0.15, 0.2) is 0 Å². The summed E-state index contributed by atoms with van der Waals surface area (Å²) in [4.78, 5) is 24.8. The second-order valence-corrected chi connectivity index (χ2v) is 7.22. The number of fused-ring (bicyclic) bond motifs is 1. The molecule has 0 fully saturated rings. The number of carbonyl (C=O) groups is 2. The van der Waals surface area contributed by atoms with Gasteiger partial charge in [0.2, 0.25) is 0 Å². The number of hydrogen-bond acceptors (Lipinski definition) is 3. The molecular weight excluding hydrogens is 442 g/mol. The van der Waals surface area contributed by atoms with Crippen LogP contribution in [0.5, 0.6) is 5.75 Å². The lowest BCUT2D eigenvalue weighted by Gasteiger charge is -2.31. The maximum Gasteiger partial charge on any atom is 0.471 e. The molecule has 0 radical (unpaired) electrons. The van der Waals surface area contributed by atoms with Gasteiger partial charge in [-0.25, -0.2) is 0 Å². The number of hydrogen-bond donors (Lipinski definition) is 1. The van der Waals surface area contributed by atoms with Crippen molar-refractivity contribution < 1.29 is 40.7 Å². The third-order valence-electron chi connectivity index (χ3n) is 5.24. The van der Waals surface area contributed by atoms with E-state index in [-0.39, 0.29) is 30.8 Å². The molecule has 2 aromatic carbocycles. The monoisotopic (exact) mass is 460 g/mol. The van der Waals surface area contributed by atoms with E-state index in [4.69, 9.17) is 4.74 Å². The zero-order chi connectivity index (χ0) is 23.8. The first-order chi connectivity index (χ1) is 14.8. The molecule has 11 heteroatoms. The van der Waals surface area contributed by atoms with Gasteiger partial charge in [-0.05, 0) is 54.3 Å². The average molecular weight is 460 g/mol. The fourth-order valence-corrected chi connectivity index (χ4v) is 3.55. The van der Waals surface area contributed by atoms with Gasteiger partial charge in [-0.1, -0.05) is 6.07 Å². The van der Waals surface area contributed by atoms with Crippen LogP contribution in [-0.4, -0.2) is 36.5 Å². The highest BCUT2D eigenvalue weighted by atomic mass is 19.4. The summed E-state index contributed by atoms with van der Waals surface area (Å²) in [5.74, 6) is -3.22. The van der Waals surface area contributed by atoms with Gasteiger partial charge < -0.3 is 15.0 Å². The fourth-order valence-electron chi connectivity index (χ4n) is 3.55. The standard InChI is InChI=1S/C21H18F6N2O3/c1-11-14-10-29(19(31)21(25,26)27)8-7-12(14)3-5-16(11)28-18(30)13-4-6-17(32-2)15(9-13)20(22,23)24/h3-6,9H,7-8,10H2,1-2H3,(H,28,30). The van der Waals surface area contributed by atoms with E-state index < -0.39 is 35.5 Å². The van der Waals surface area contributed by atoms with Crippen LogP contribution in [0.3, 0.4) is 0 Å². The molecule has 3 rings (SSSR count). The molecule has 2 amide bonds. The number of carbonyl (C=O) groups excluding carboxylic acids is 2. The minimum Gasteiger partial charge on any atom is -0.496 e. The number of anilines is 1. The summed E-state index contributed by atoms with van der Waals surface area (Å²) in [7, 11) is 1.08. The predicted octanol–water partition coefficient (Wildman–Crippen LogP) is 4.72. The van der Waals surface area contributed by atoms with Crippen molar-refractivity contribution in [3.05, 3.63) is 58.1 Å². The van der Waals surface area contributed by atoms with Crippen molar-refractivity contribution in [2.75, 3.05) is 19.0 Å². The number of amides is 2. The summed E-state index contributed by atoms with van der Waals surface area (Å²) >= 11 is 0. The molecule has 0 unspecified atom stereocenters. The number of alkyl halides is 6. The first kappa shape index (κ1) is 23.4. The zero-order valence-electron chi connectivity index (χ0n) is 16.9. The van der Waals surface area contributed by atoms with Gasteiger partial charge >= 0.3 is 18.3 Å². The van der Waals surface area contributed by atoms with Crippen LogP contribution in [0.1, 0.15) is 32.6 Å². The Bertz CT molecular complexity index is 1060. The van der Waals surface area contributed by atoms with Crippen molar-refractivity contribution in [1.82, 2.24) is 4.90 Å². The second kappa shape index (κ2) is 8.36.